The van der Waals surface area contributed by atoms with Crippen molar-refractivity contribution in [2.24, 2.45) is 0 Å². The Bertz CT molecular complexity index is 834. The largest absolute Gasteiger partial charge is 0.351 e. The van der Waals surface area contributed by atoms with E-state index in [9.17, 15) is 4.79 Å². The first-order valence-corrected chi connectivity index (χ1v) is 10.4. The molecule has 1 N–H and O–H groups in total. The van der Waals surface area contributed by atoms with E-state index in [4.69, 9.17) is 0 Å². The molecular weight excluding hydrogens is 348 g/mol. The van der Waals surface area contributed by atoms with Crippen LogP contribution in [0.5, 0.6) is 0 Å². The van der Waals surface area contributed by atoms with Gasteiger partial charge in [-0.15, -0.1) is 11.3 Å². The Morgan fingerprint density at radius 3 is 2.80 bits per heavy atom. The van der Waals surface area contributed by atoms with Crippen molar-refractivity contribution in [1.29, 1.82) is 0 Å². The second-order valence-corrected chi connectivity index (χ2v) is 8.24. The van der Waals surface area contributed by atoms with E-state index >= 15 is 0 Å². The summed E-state index contributed by atoms with van der Waals surface area (Å²) in [6.45, 7) is 0.547. The number of carbonyl (C=O) groups excluding carboxylic acids is 1. The van der Waals surface area contributed by atoms with E-state index in [1.807, 2.05) is 18.3 Å². The van der Waals surface area contributed by atoms with Gasteiger partial charge in [-0.1, -0.05) is 18.9 Å². The van der Waals surface area contributed by atoms with Gasteiger partial charge in [-0.25, -0.2) is 0 Å². The molecular formula is C20H20N2OS2. The summed E-state index contributed by atoms with van der Waals surface area (Å²) >= 11 is 3.36. The van der Waals surface area contributed by atoms with Crippen molar-refractivity contribution in [1.82, 2.24) is 10.3 Å². The third kappa shape index (κ3) is 3.26. The monoisotopic (exact) mass is 368 g/mol. The van der Waals surface area contributed by atoms with Gasteiger partial charge >= 0.3 is 0 Å². The molecule has 5 heteroatoms. The molecule has 4 rings (SSSR count). The van der Waals surface area contributed by atoms with Crippen molar-refractivity contribution < 1.29 is 4.79 Å². The summed E-state index contributed by atoms with van der Waals surface area (Å²) in [5.74, 6) is 0.168. The maximum Gasteiger partial charge on any atom is 0.231 e. The van der Waals surface area contributed by atoms with E-state index in [-0.39, 0.29) is 11.3 Å². The van der Waals surface area contributed by atoms with Crippen LogP contribution in [0.15, 0.2) is 52.7 Å². The molecule has 128 valence electrons. The highest BCUT2D eigenvalue weighted by Crippen LogP contribution is 2.43. The van der Waals surface area contributed by atoms with Crippen LogP contribution in [0.25, 0.3) is 11.3 Å². The smallest absolute Gasteiger partial charge is 0.231 e. The number of carbonyl (C=O) groups is 1. The minimum Gasteiger partial charge on any atom is -0.351 e. The van der Waals surface area contributed by atoms with Crippen LogP contribution < -0.4 is 5.32 Å². The quantitative estimate of drug-likeness (QED) is 0.688. The molecule has 25 heavy (non-hydrogen) atoms. The van der Waals surface area contributed by atoms with E-state index in [0.29, 0.717) is 6.54 Å². The second kappa shape index (κ2) is 7.10. The highest BCUT2D eigenvalue weighted by molar-refractivity contribution is 7.10. The Balaban J connectivity index is 1.49. The fourth-order valence-electron chi connectivity index (χ4n) is 3.62. The first-order chi connectivity index (χ1) is 12.3. The van der Waals surface area contributed by atoms with Gasteiger partial charge in [-0.05, 0) is 53.4 Å². The van der Waals surface area contributed by atoms with Crippen LogP contribution in [0.1, 0.15) is 36.1 Å². The number of aromatic nitrogens is 1. The Morgan fingerprint density at radius 1 is 1.20 bits per heavy atom. The van der Waals surface area contributed by atoms with Crippen molar-refractivity contribution in [3.8, 4) is 11.3 Å². The average Bonchev–Trinajstić information content (AvgIpc) is 3.42. The lowest BCUT2D eigenvalue weighted by Gasteiger charge is -2.26. The summed E-state index contributed by atoms with van der Waals surface area (Å²) in [5.41, 5.74) is 2.85. The highest BCUT2D eigenvalue weighted by Gasteiger charge is 2.43. The minimum absolute atomic E-state index is 0.168. The number of pyridine rings is 1. The van der Waals surface area contributed by atoms with E-state index in [1.165, 1.54) is 4.88 Å². The first kappa shape index (κ1) is 16.5. The Morgan fingerprint density at radius 2 is 2.08 bits per heavy atom. The molecule has 0 spiro atoms. The fourth-order valence-corrected chi connectivity index (χ4v) is 5.25. The van der Waals surface area contributed by atoms with E-state index < -0.39 is 0 Å². The van der Waals surface area contributed by atoms with Gasteiger partial charge < -0.3 is 5.32 Å². The average molecular weight is 369 g/mol. The van der Waals surface area contributed by atoms with Crippen LogP contribution in [-0.4, -0.2) is 10.9 Å². The zero-order valence-corrected chi connectivity index (χ0v) is 15.5. The van der Waals surface area contributed by atoms with Crippen molar-refractivity contribution in [3.05, 3.63) is 63.1 Å². The van der Waals surface area contributed by atoms with Gasteiger partial charge in [0.05, 0.1) is 11.1 Å². The number of amides is 1. The number of thiophene rings is 2. The minimum atomic E-state index is -0.322. The summed E-state index contributed by atoms with van der Waals surface area (Å²) in [6, 6.07) is 10.3. The van der Waals surface area contributed by atoms with Gasteiger partial charge in [-0.3, -0.25) is 9.78 Å². The number of nitrogens with zero attached hydrogens (tertiary/aromatic N) is 1. The number of rotatable bonds is 5. The molecule has 3 aromatic heterocycles. The summed E-state index contributed by atoms with van der Waals surface area (Å²) in [5, 5.41) is 9.40. The molecule has 1 aliphatic rings. The molecule has 1 aliphatic carbocycles. The zero-order chi connectivity index (χ0) is 17.1. The molecule has 3 aromatic rings. The number of hydrogen-bond acceptors (Lipinski definition) is 4. The first-order valence-electron chi connectivity index (χ1n) is 8.58. The fraction of sp³-hybridized carbons (Fsp3) is 0.300. The lowest BCUT2D eigenvalue weighted by molar-refractivity contribution is -0.126. The van der Waals surface area contributed by atoms with Gasteiger partial charge in [0.15, 0.2) is 0 Å². The van der Waals surface area contributed by atoms with E-state index in [2.05, 4.69) is 44.6 Å². The molecule has 0 aliphatic heterocycles. The molecule has 3 nitrogen and oxygen atoms in total. The molecule has 0 atom stereocenters. The maximum atomic E-state index is 13.0. The molecule has 0 bridgehead atoms. The maximum absolute atomic E-state index is 13.0. The van der Waals surface area contributed by atoms with Crippen LogP contribution in [0.4, 0.5) is 0 Å². The van der Waals surface area contributed by atoms with Gasteiger partial charge in [0, 0.05) is 28.6 Å². The van der Waals surface area contributed by atoms with Gasteiger partial charge in [0.2, 0.25) is 5.91 Å². The lowest BCUT2D eigenvalue weighted by Crippen LogP contribution is -2.41. The molecule has 1 amide bonds. The summed E-state index contributed by atoms with van der Waals surface area (Å²) in [4.78, 5) is 18.7. The summed E-state index contributed by atoms with van der Waals surface area (Å²) in [7, 11) is 0. The number of hydrogen-bond donors (Lipinski definition) is 1. The van der Waals surface area contributed by atoms with Crippen LogP contribution in [0.3, 0.4) is 0 Å². The third-order valence-corrected chi connectivity index (χ3v) is 6.74. The molecule has 0 unspecified atom stereocenters. The molecule has 0 aromatic carbocycles. The summed E-state index contributed by atoms with van der Waals surface area (Å²) in [6.07, 6.45) is 5.98. The molecule has 1 fully saturated rings. The predicted molar refractivity (Wildman–Crippen MR) is 104 cm³/mol. The van der Waals surface area contributed by atoms with Crippen molar-refractivity contribution in [2.45, 2.75) is 37.6 Å². The highest BCUT2D eigenvalue weighted by atomic mass is 32.1. The van der Waals surface area contributed by atoms with Crippen LogP contribution in [0.2, 0.25) is 0 Å². The van der Waals surface area contributed by atoms with Crippen molar-refractivity contribution in [3.63, 3.8) is 0 Å². The van der Waals surface area contributed by atoms with Crippen LogP contribution in [-0.2, 0) is 16.8 Å². The Labute approximate surface area is 155 Å². The second-order valence-electron chi connectivity index (χ2n) is 6.51. The normalized spacial score (nSPS) is 16.0. The predicted octanol–water partition coefficient (Wildman–Crippen LogP) is 5.00. The molecule has 0 radical (unpaired) electrons. The molecule has 0 saturated heterocycles. The zero-order valence-electron chi connectivity index (χ0n) is 13.9. The van der Waals surface area contributed by atoms with Crippen molar-refractivity contribution >= 4 is 28.6 Å². The number of nitrogens with one attached hydrogen (secondary N) is 1. The Hall–Kier alpha value is -1.98. The van der Waals surface area contributed by atoms with Crippen molar-refractivity contribution in [2.75, 3.05) is 0 Å². The van der Waals surface area contributed by atoms with Gasteiger partial charge in [-0.2, -0.15) is 11.3 Å². The van der Waals surface area contributed by atoms with E-state index in [0.717, 1.165) is 42.5 Å². The standard InChI is InChI=1S/C20H20N2OS2/c23-19(20(7-1-2-8-20)18-4-3-10-25-18)22-13-15-5-9-21-17(12-15)16-6-11-24-14-16/h3-6,9-12,14H,1-2,7-8,13H2,(H,22,23). The molecule has 1 saturated carbocycles. The molecule has 3 heterocycles. The topological polar surface area (TPSA) is 42.0 Å². The van der Waals surface area contributed by atoms with Gasteiger partial charge in [0.25, 0.3) is 0 Å². The van der Waals surface area contributed by atoms with E-state index in [1.54, 1.807) is 22.7 Å². The van der Waals surface area contributed by atoms with Gasteiger partial charge in [0.1, 0.15) is 0 Å². The Kier molecular flexibility index (Phi) is 4.68. The lowest BCUT2D eigenvalue weighted by atomic mass is 9.83. The SMILES string of the molecule is O=C(NCc1ccnc(-c2ccsc2)c1)C1(c2cccs2)CCCC1. The van der Waals surface area contributed by atoms with Crippen LogP contribution in [0, 0.1) is 0 Å². The summed E-state index contributed by atoms with van der Waals surface area (Å²) < 4.78 is 0. The third-order valence-electron chi connectivity index (χ3n) is 4.98. The van der Waals surface area contributed by atoms with Crippen LogP contribution >= 0.6 is 22.7 Å².